The number of anilines is 1. The molecule has 2 aromatic heterocycles. The number of carbonyl (C=O) groups is 1. The van der Waals surface area contributed by atoms with Crippen LogP contribution in [0.25, 0.3) is 6.08 Å². The van der Waals surface area contributed by atoms with Crippen LogP contribution in [0.15, 0.2) is 62.8 Å². The van der Waals surface area contributed by atoms with Gasteiger partial charge in [0.05, 0.1) is 22.4 Å². The molecule has 8 heteroatoms. The van der Waals surface area contributed by atoms with Crippen molar-refractivity contribution in [2.24, 2.45) is 4.99 Å². The number of hydrogen-bond acceptors (Lipinski definition) is 7. The molecule has 0 N–H and O–H groups in total. The van der Waals surface area contributed by atoms with Crippen LogP contribution in [0.5, 0.6) is 0 Å². The average Bonchev–Trinajstić information content (AvgIpc) is 3.36. The van der Waals surface area contributed by atoms with Crippen molar-refractivity contribution in [1.82, 2.24) is 4.57 Å². The Balaban J connectivity index is 1.87. The van der Waals surface area contributed by atoms with Gasteiger partial charge in [0.2, 0.25) is 0 Å². The zero-order valence-electron chi connectivity index (χ0n) is 17.8. The van der Waals surface area contributed by atoms with Crippen molar-refractivity contribution >= 4 is 40.4 Å². The number of hydrogen-bond donors (Lipinski definition) is 0. The van der Waals surface area contributed by atoms with Crippen molar-refractivity contribution in [3.63, 3.8) is 0 Å². The Morgan fingerprint density at radius 1 is 1.26 bits per heavy atom. The molecule has 1 aliphatic heterocycles. The summed E-state index contributed by atoms with van der Waals surface area (Å²) in [6.45, 7) is 3.83. The predicted molar refractivity (Wildman–Crippen MR) is 125 cm³/mol. The van der Waals surface area contributed by atoms with Crippen molar-refractivity contribution in [2.75, 3.05) is 25.6 Å². The summed E-state index contributed by atoms with van der Waals surface area (Å²) in [5.41, 5.74) is 2.86. The monoisotopic (exact) mass is 453 g/mol. The van der Waals surface area contributed by atoms with E-state index in [9.17, 15) is 9.59 Å². The first-order chi connectivity index (χ1) is 14.9. The molecule has 1 aliphatic rings. The second-order valence-corrected chi connectivity index (χ2v) is 9.29. The summed E-state index contributed by atoms with van der Waals surface area (Å²) in [6, 6.07) is 11.3. The second kappa shape index (κ2) is 8.64. The van der Waals surface area contributed by atoms with E-state index in [0.717, 1.165) is 16.1 Å². The molecular weight excluding hydrogens is 430 g/mol. The lowest BCUT2D eigenvalue weighted by Crippen LogP contribution is -2.39. The van der Waals surface area contributed by atoms with E-state index in [2.05, 4.69) is 4.99 Å². The number of carbonyl (C=O) groups excluding carboxylic acids is 1. The van der Waals surface area contributed by atoms with Crippen LogP contribution >= 0.6 is 22.7 Å². The van der Waals surface area contributed by atoms with Crippen LogP contribution in [-0.2, 0) is 9.53 Å². The Morgan fingerprint density at radius 2 is 2.00 bits per heavy atom. The summed E-state index contributed by atoms with van der Waals surface area (Å²) < 4.78 is 7.49. The van der Waals surface area contributed by atoms with Gasteiger partial charge in [0.25, 0.3) is 5.56 Å². The minimum atomic E-state index is -0.534. The van der Waals surface area contributed by atoms with Gasteiger partial charge in [0, 0.05) is 24.7 Å². The molecule has 0 saturated carbocycles. The normalized spacial score (nSPS) is 16.1. The molecule has 0 radical (unpaired) electrons. The highest BCUT2D eigenvalue weighted by Gasteiger charge is 2.33. The highest BCUT2D eigenvalue weighted by atomic mass is 32.1. The number of thiazole rings is 1. The van der Waals surface area contributed by atoms with Crippen LogP contribution in [0.2, 0.25) is 0 Å². The number of fused-ring (bicyclic) bond motifs is 1. The number of nitrogens with zero attached hydrogens (tertiary/aromatic N) is 3. The maximum absolute atomic E-state index is 13.4. The molecule has 0 amide bonds. The molecule has 4 rings (SSSR count). The van der Waals surface area contributed by atoms with Gasteiger partial charge in [-0.1, -0.05) is 29.5 Å². The van der Waals surface area contributed by atoms with Crippen molar-refractivity contribution in [1.29, 1.82) is 0 Å². The summed E-state index contributed by atoms with van der Waals surface area (Å²) in [5.74, 6) is -0.435. The molecule has 3 aromatic rings. The zero-order chi connectivity index (χ0) is 22.1. The van der Waals surface area contributed by atoms with Gasteiger partial charge in [-0.25, -0.2) is 9.79 Å². The Bertz CT molecular complexity index is 1310. The van der Waals surface area contributed by atoms with E-state index < -0.39 is 12.0 Å². The molecular formula is C23H23N3O3S2. The molecule has 160 valence electrons. The standard InChI is InChI=1S/C23H23N3O3S2/c1-5-29-22(28)19-14(2)24-23-26(20(19)17-7-6-12-30-17)21(27)18(31-23)13-15-8-10-16(11-9-15)25(3)4/h6-13,20H,5H2,1-4H3/b18-13+/t20-/m1/s1. The Morgan fingerprint density at radius 3 is 2.61 bits per heavy atom. The molecule has 1 atom stereocenters. The van der Waals surface area contributed by atoms with Crippen LogP contribution in [0.1, 0.15) is 30.3 Å². The number of esters is 1. The van der Waals surface area contributed by atoms with E-state index in [-0.39, 0.29) is 12.2 Å². The highest BCUT2D eigenvalue weighted by Crippen LogP contribution is 2.33. The maximum Gasteiger partial charge on any atom is 0.338 e. The lowest BCUT2D eigenvalue weighted by molar-refractivity contribution is -0.139. The number of aromatic nitrogens is 1. The van der Waals surface area contributed by atoms with Crippen LogP contribution in [0, 0.1) is 0 Å². The quantitative estimate of drug-likeness (QED) is 0.558. The van der Waals surface area contributed by atoms with E-state index in [1.165, 1.54) is 22.7 Å². The SMILES string of the molecule is CCOC(=O)C1=C(C)N=c2s/c(=C/c3ccc(N(C)C)cc3)c(=O)n2[C@@H]1c1cccs1. The molecule has 0 fully saturated rings. The van der Waals surface area contributed by atoms with Gasteiger partial charge in [-0.15, -0.1) is 11.3 Å². The predicted octanol–water partition coefficient (Wildman–Crippen LogP) is 2.93. The topological polar surface area (TPSA) is 63.9 Å². The van der Waals surface area contributed by atoms with E-state index in [1.54, 1.807) is 18.4 Å². The summed E-state index contributed by atoms with van der Waals surface area (Å²) in [4.78, 5) is 34.3. The summed E-state index contributed by atoms with van der Waals surface area (Å²) in [5, 5.41) is 1.94. The fourth-order valence-electron chi connectivity index (χ4n) is 3.53. The number of thiophene rings is 1. The summed E-state index contributed by atoms with van der Waals surface area (Å²) >= 11 is 2.84. The van der Waals surface area contributed by atoms with E-state index >= 15 is 0 Å². The van der Waals surface area contributed by atoms with Crippen molar-refractivity contribution in [3.05, 3.63) is 83.2 Å². The second-order valence-electron chi connectivity index (χ2n) is 7.30. The maximum atomic E-state index is 13.4. The first-order valence-electron chi connectivity index (χ1n) is 9.91. The molecule has 31 heavy (non-hydrogen) atoms. The van der Waals surface area contributed by atoms with Crippen LogP contribution in [0.4, 0.5) is 5.69 Å². The largest absolute Gasteiger partial charge is 0.463 e. The highest BCUT2D eigenvalue weighted by molar-refractivity contribution is 7.10. The van der Waals surface area contributed by atoms with Crippen LogP contribution in [0.3, 0.4) is 0 Å². The van der Waals surface area contributed by atoms with Crippen molar-refractivity contribution < 1.29 is 9.53 Å². The Labute approximate surface area is 188 Å². The van der Waals surface area contributed by atoms with Gasteiger partial charge < -0.3 is 9.64 Å². The summed E-state index contributed by atoms with van der Waals surface area (Å²) in [6.07, 6.45) is 1.87. The van der Waals surface area contributed by atoms with Gasteiger partial charge in [-0.05, 0) is 49.1 Å². The third-order valence-electron chi connectivity index (χ3n) is 5.04. The van der Waals surface area contributed by atoms with Crippen molar-refractivity contribution in [3.8, 4) is 0 Å². The fourth-order valence-corrected chi connectivity index (χ4v) is 5.40. The number of rotatable bonds is 5. The van der Waals surface area contributed by atoms with Gasteiger partial charge >= 0.3 is 5.97 Å². The Hall–Kier alpha value is -2.97. The molecule has 0 bridgehead atoms. The van der Waals surface area contributed by atoms with Crippen LogP contribution in [-0.4, -0.2) is 31.2 Å². The minimum absolute atomic E-state index is 0.159. The van der Waals surface area contributed by atoms with Crippen molar-refractivity contribution in [2.45, 2.75) is 19.9 Å². The Kier molecular flexibility index (Phi) is 5.93. The van der Waals surface area contributed by atoms with Crippen LogP contribution < -0.4 is 19.8 Å². The first kappa shape index (κ1) is 21.3. The molecule has 1 aromatic carbocycles. The third-order valence-corrected chi connectivity index (χ3v) is 6.94. The molecule has 0 saturated heterocycles. The first-order valence-corrected chi connectivity index (χ1v) is 11.6. The van der Waals surface area contributed by atoms with Gasteiger partial charge in [-0.2, -0.15) is 0 Å². The number of allylic oxidation sites excluding steroid dienone is 1. The van der Waals surface area contributed by atoms with Gasteiger partial charge in [0.15, 0.2) is 4.80 Å². The molecule has 0 unspecified atom stereocenters. The van der Waals surface area contributed by atoms with E-state index in [0.29, 0.717) is 20.6 Å². The van der Waals surface area contributed by atoms with E-state index in [4.69, 9.17) is 4.74 Å². The van der Waals surface area contributed by atoms with Gasteiger partial charge in [0.1, 0.15) is 6.04 Å². The molecule has 6 nitrogen and oxygen atoms in total. The lowest BCUT2D eigenvalue weighted by Gasteiger charge is -2.23. The minimum Gasteiger partial charge on any atom is -0.463 e. The number of benzene rings is 1. The molecule has 3 heterocycles. The lowest BCUT2D eigenvalue weighted by atomic mass is 10.0. The summed E-state index contributed by atoms with van der Waals surface area (Å²) in [7, 11) is 3.97. The molecule has 0 aliphatic carbocycles. The fraction of sp³-hybridized carbons (Fsp3) is 0.261. The molecule has 0 spiro atoms. The number of ether oxygens (including phenoxy) is 1. The third kappa shape index (κ3) is 4.00. The van der Waals surface area contributed by atoms with E-state index in [1.807, 2.05) is 66.8 Å². The average molecular weight is 454 g/mol. The smallest absolute Gasteiger partial charge is 0.338 e. The van der Waals surface area contributed by atoms with Gasteiger partial charge in [-0.3, -0.25) is 9.36 Å². The zero-order valence-corrected chi connectivity index (χ0v) is 19.4.